The molecule has 5 rings (SSSR count). The zero-order valence-corrected chi connectivity index (χ0v) is 15.3. The fourth-order valence-electron chi connectivity index (χ4n) is 3.76. The molecule has 0 atom stereocenters. The molecule has 2 fully saturated rings. The fraction of sp³-hybridized carbons (Fsp3) is 0.412. The molecule has 3 aromatic rings. The number of nitrogens with one attached hydrogen (secondary N) is 1. The fourth-order valence-corrected chi connectivity index (χ4v) is 5.42. The van der Waals surface area contributed by atoms with Gasteiger partial charge in [0.25, 0.3) is 10.0 Å². The van der Waals surface area contributed by atoms with Crippen molar-refractivity contribution in [2.45, 2.75) is 24.8 Å². The first-order chi connectivity index (χ1) is 12.3. The summed E-state index contributed by atoms with van der Waals surface area (Å²) in [7, 11) is -1.91. The molecule has 9 heteroatoms. The molecule has 0 unspecified atom stereocenters. The zero-order valence-electron chi connectivity index (χ0n) is 14.5. The van der Waals surface area contributed by atoms with Crippen LogP contribution in [0.1, 0.15) is 18.4 Å². The molecular weight excluding hydrogens is 357 g/mol. The number of H-pyrrole nitrogens is 1. The molecule has 1 aromatic carbocycles. The standard InChI is InChI=1S/C17H18FN5O2S/c1-10-5-12(18)15-11(14(10)16-19-9-22(2)21-16)6-13(20-15)26(24,25)23-7-17(8-23)3-4-17/h5-6,9,20H,3-4,7-8H2,1-2H3. The number of benzene rings is 1. The predicted octanol–water partition coefficient (Wildman–Crippen LogP) is 2.20. The Kier molecular flexibility index (Phi) is 3.02. The molecule has 3 heterocycles. The van der Waals surface area contributed by atoms with Crippen molar-refractivity contribution in [2.75, 3.05) is 13.1 Å². The van der Waals surface area contributed by atoms with Gasteiger partial charge in [-0.25, -0.2) is 17.8 Å². The third-order valence-corrected chi connectivity index (χ3v) is 7.17. The van der Waals surface area contributed by atoms with E-state index in [0.717, 1.165) is 12.8 Å². The summed E-state index contributed by atoms with van der Waals surface area (Å²) in [6.07, 6.45) is 3.74. The lowest BCUT2D eigenvalue weighted by Gasteiger charge is -2.38. The maximum atomic E-state index is 14.5. The average molecular weight is 375 g/mol. The molecule has 0 bridgehead atoms. The Balaban J connectivity index is 1.66. The van der Waals surface area contributed by atoms with Crippen LogP contribution >= 0.6 is 0 Å². The molecule has 1 aliphatic carbocycles. The monoisotopic (exact) mass is 375 g/mol. The molecule has 0 radical (unpaired) electrons. The quantitative estimate of drug-likeness (QED) is 0.761. The Hall–Kier alpha value is -2.26. The highest BCUT2D eigenvalue weighted by Gasteiger charge is 2.56. The summed E-state index contributed by atoms with van der Waals surface area (Å²) < 4.78 is 43.3. The van der Waals surface area contributed by atoms with Crippen LogP contribution in [0.15, 0.2) is 23.5 Å². The van der Waals surface area contributed by atoms with Crippen molar-refractivity contribution >= 4 is 20.9 Å². The van der Waals surface area contributed by atoms with Crippen LogP contribution in [0.5, 0.6) is 0 Å². The van der Waals surface area contributed by atoms with Gasteiger partial charge in [0.05, 0.1) is 5.52 Å². The highest BCUT2D eigenvalue weighted by Crippen LogP contribution is 2.54. The van der Waals surface area contributed by atoms with Crippen molar-refractivity contribution in [3.8, 4) is 11.4 Å². The number of sulfonamides is 1. The minimum absolute atomic E-state index is 0.0182. The van der Waals surface area contributed by atoms with E-state index >= 15 is 0 Å². The Morgan fingerprint density at radius 1 is 1.27 bits per heavy atom. The van der Waals surface area contributed by atoms with Gasteiger partial charge in [0.15, 0.2) is 5.82 Å². The average Bonchev–Trinajstić information content (AvgIpc) is 3.04. The zero-order chi connectivity index (χ0) is 18.3. The Morgan fingerprint density at radius 3 is 2.62 bits per heavy atom. The third-order valence-electron chi connectivity index (χ3n) is 5.46. The summed E-state index contributed by atoms with van der Waals surface area (Å²) in [5.74, 6) is -0.0419. The van der Waals surface area contributed by atoms with E-state index in [-0.39, 0.29) is 16.0 Å². The van der Waals surface area contributed by atoms with Crippen molar-refractivity contribution in [3.63, 3.8) is 0 Å². The lowest BCUT2D eigenvalue weighted by molar-refractivity contribution is 0.178. The third kappa shape index (κ3) is 2.16. The van der Waals surface area contributed by atoms with Crippen LogP contribution in [-0.4, -0.2) is 45.6 Å². The lowest BCUT2D eigenvalue weighted by Crippen LogP contribution is -2.51. The molecular formula is C17H18FN5O2S. The molecule has 7 nitrogen and oxygen atoms in total. The topological polar surface area (TPSA) is 83.9 Å². The van der Waals surface area contributed by atoms with Crippen molar-refractivity contribution in [3.05, 3.63) is 29.8 Å². The summed E-state index contributed by atoms with van der Waals surface area (Å²) in [6.45, 7) is 2.88. The van der Waals surface area contributed by atoms with Gasteiger partial charge in [-0.15, -0.1) is 0 Å². The smallest absolute Gasteiger partial charge is 0.258 e. The molecule has 1 N–H and O–H groups in total. The minimum Gasteiger partial charge on any atom is -0.342 e. The highest BCUT2D eigenvalue weighted by atomic mass is 32.2. The summed E-state index contributed by atoms with van der Waals surface area (Å²) in [6, 6.07) is 2.88. The maximum absolute atomic E-state index is 14.5. The summed E-state index contributed by atoms with van der Waals surface area (Å²) in [5, 5.41) is 4.79. The molecule has 136 valence electrons. The van der Waals surface area contributed by atoms with Crippen LogP contribution in [0.4, 0.5) is 4.39 Å². The summed E-state index contributed by atoms with van der Waals surface area (Å²) in [5.41, 5.74) is 1.68. The number of aromatic amines is 1. The first kappa shape index (κ1) is 16.0. The number of aryl methyl sites for hydroxylation is 2. The van der Waals surface area contributed by atoms with Gasteiger partial charge in [0, 0.05) is 31.1 Å². The largest absolute Gasteiger partial charge is 0.342 e. The first-order valence-corrected chi connectivity index (χ1v) is 9.91. The number of nitrogens with zero attached hydrogens (tertiary/aromatic N) is 4. The van der Waals surface area contributed by atoms with E-state index in [4.69, 9.17) is 0 Å². The second-order valence-electron chi connectivity index (χ2n) is 7.49. The first-order valence-electron chi connectivity index (χ1n) is 8.47. The predicted molar refractivity (Wildman–Crippen MR) is 93.4 cm³/mol. The van der Waals surface area contributed by atoms with Crippen LogP contribution in [0.3, 0.4) is 0 Å². The van der Waals surface area contributed by atoms with Gasteiger partial charge in [-0.05, 0) is 42.9 Å². The Bertz CT molecular complexity index is 1150. The van der Waals surface area contributed by atoms with Crippen molar-refractivity contribution < 1.29 is 12.8 Å². The van der Waals surface area contributed by atoms with E-state index in [1.165, 1.54) is 16.4 Å². The number of fused-ring (bicyclic) bond motifs is 1. The van der Waals surface area contributed by atoms with Gasteiger partial charge >= 0.3 is 0 Å². The Labute approximate surface area is 149 Å². The van der Waals surface area contributed by atoms with Crippen molar-refractivity contribution in [1.29, 1.82) is 0 Å². The number of aromatic nitrogens is 4. The van der Waals surface area contributed by atoms with Gasteiger partial charge in [0.2, 0.25) is 0 Å². The minimum atomic E-state index is -3.65. The number of hydrogen-bond acceptors (Lipinski definition) is 4. The van der Waals surface area contributed by atoms with Gasteiger partial charge < -0.3 is 4.98 Å². The lowest BCUT2D eigenvalue weighted by atomic mass is 10.0. The van der Waals surface area contributed by atoms with E-state index in [2.05, 4.69) is 15.1 Å². The van der Waals surface area contributed by atoms with Gasteiger partial charge in [-0.3, -0.25) is 4.68 Å². The van der Waals surface area contributed by atoms with Crippen LogP contribution in [-0.2, 0) is 17.1 Å². The summed E-state index contributed by atoms with van der Waals surface area (Å²) >= 11 is 0. The number of rotatable bonds is 3. The normalized spacial score (nSPS) is 19.2. The van der Waals surface area contributed by atoms with Crippen LogP contribution < -0.4 is 0 Å². The van der Waals surface area contributed by atoms with E-state index in [1.807, 2.05) is 0 Å². The van der Waals surface area contributed by atoms with Gasteiger partial charge in [0.1, 0.15) is 17.2 Å². The number of hydrogen-bond donors (Lipinski definition) is 1. The molecule has 1 saturated carbocycles. The molecule has 1 saturated heterocycles. The molecule has 26 heavy (non-hydrogen) atoms. The number of halogens is 1. The second-order valence-corrected chi connectivity index (χ2v) is 9.39. The van der Waals surface area contributed by atoms with Crippen LogP contribution in [0.2, 0.25) is 0 Å². The SMILES string of the molecule is Cc1cc(F)c2[nH]c(S(=O)(=O)N3CC4(CC4)C3)cc2c1-c1ncn(C)n1. The summed E-state index contributed by atoms with van der Waals surface area (Å²) in [4.78, 5) is 7.02. The molecule has 2 aliphatic rings. The van der Waals surface area contributed by atoms with E-state index in [0.29, 0.717) is 35.4 Å². The Morgan fingerprint density at radius 2 is 2.00 bits per heavy atom. The van der Waals surface area contributed by atoms with Crippen LogP contribution in [0, 0.1) is 18.2 Å². The van der Waals surface area contributed by atoms with Crippen molar-refractivity contribution in [2.24, 2.45) is 12.5 Å². The maximum Gasteiger partial charge on any atom is 0.258 e. The highest BCUT2D eigenvalue weighted by molar-refractivity contribution is 7.89. The molecule has 2 aromatic heterocycles. The molecule has 1 aliphatic heterocycles. The molecule has 0 amide bonds. The van der Waals surface area contributed by atoms with Crippen LogP contribution in [0.25, 0.3) is 22.3 Å². The second kappa shape index (κ2) is 4.92. The van der Waals surface area contributed by atoms with E-state index in [9.17, 15) is 12.8 Å². The van der Waals surface area contributed by atoms with Gasteiger partial charge in [-0.2, -0.15) is 9.40 Å². The van der Waals surface area contributed by atoms with E-state index in [1.54, 1.807) is 25.0 Å². The van der Waals surface area contributed by atoms with Gasteiger partial charge in [-0.1, -0.05) is 0 Å². The molecule has 1 spiro atoms. The van der Waals surface area contributed by atoms with Crippen molar-refractivity contribution in [1.82, 2.24) is 24.1 Å². The van der Waals surface area contributed by atoms with E-state index < -0.39 is 15.8 Å².